The lowest BCUT2D eigenvalue weighted by atomic mass is 9.62. The predicted octanol–water partition coefficient (Wildman–Crippen LogP) is 5.74. The van der Waals surface area contributed by atoms with Gasteiger partial charge in [0.05, 0.1) is 15.2 Å². The van der Waals surface area contributed by atoms with Crippen molar-refractivity contribution in [2.75, 3.05) is 20.1 Å². The van der Waals surface area contributed by atoms with Crippen molar-refractivity contribution in [3.63, 3.8) is 0 Å². The van der Waals surface area contributed by atoms with E-state index in [1.54, 1.807) is 0 Å². The normalized spacial score (nSPS) is 28.3. The Kier molecular flexibility index (Phi) is 4.71. The van der Waals surface area contributed by atoms with Gasteiger partial charge in [0.15, 0.2) is 0 Å². The maximum Gasteiger partial charge on any atom is 0.0976 e. The fourth-order valence-electron chi connectivity index (χ4n) is 4.64. The highest BCUT2D eigenvalue weighted by Crippen LogP contribution is 2.52. The molecular weight excluding hydrogens is 350 g/mol. The maximum atomic E-state index is 5.14. The van der Waals surface area contributed by atoms with Crippen LogP contribution >= 0.6 is 11.3 Å². The lowest BCUT2D eigenvalue weighted by Gasteiger charge is -2.55. The first-order valence-electron chi connectivity index (χ1n) is 10.4. The van der Waals surface area contributed by atoms with Gasteiger partial charge in [-0.2, -0.15) is 0 Å². The smallest absolute Gasteiger partial charge is 0.0976 e. The zero-order valence-electron chi connectivity index (χ0n) is 17.7. The van der Waals surface area contributed by atoms with E-state index in [9.17, 15) is 0 Å². The average Bonchev–Trinajstić information content (AvgIpc) is 3.03. The van der Waals surface area contributed by atoms with Gasteiger partial charge in [-0.1, -0.05) is 26.8 Å². The predicted molar refractivity (Wildman–Crippen MR) is 117 cm³/mol. The fourth-order valence-corrected chi connectivity index (χ4v) is 5.91. The summed E-state index contributed by atoms with van der Waals surface area (Å²) in [6.45, 7) is 14.0. The molecule has 1 saturated heterocycles. The van der Waals surface area contributed by atoms with Crippen molar-refractivity contribution in [3.05, 3.63) is 28.8 Å². The van der Waals surface area contributed by atoms with Crippen LogP contribution in [0.5, 0.6) is 0 Å². The number of piperidine rings is 1. The molecule has 3 heterocycles. The summed E-state index contributed by atoms with van der Waals surface area (Å²) in [4.78, 5) is 12.5. The number of nitrogens with zero attached hydrogens (tertiary/aromatic N) is 3. The number of aliphatic imine (C=N–C) groups is 1. The Labute approximate surface area is 167 Å². The molecule has 0 N–H and O–H groups in total. The molecule has 2 atom stereocenters. The third-order valence-corrected chi connectivity index (χ3v) is 8.81. The van der Waals surface area contributed by atoms with Gasteiger partial charge in [0.2, 0.25) is 0 Å². The van der Waals surface area contributed by atoms with Crippen LogP contribution in [-0.2, 0) is 0 Å². The van der Waals surface area contributed by atoms with Gasteiger partial charge in [0, 0.05) is 23.7 Å². The second-order valence-corrected chi connectivity index (χ2v) is 10.8. The van der Waals surface area contributed by atoms with Crippen molar-refractivity contribution in [1.29, 1.82) is 0 Å². The minimum absolute atomic E-state index is 0.159. The zero-order chi connectivity index (χ0) is 19.4. The van der Waals surface area contributed by atoms with Crippen molar-refractivity contribution in [1.82, 2.24) is 9.88 Å². The molecule has 0 spiro atoms. The first-order valence-corrected chi connectivity index (χ1v) is 11.2. The molecule has 0 saturated carbocycles. The molecule has 1 fully saturated rings. The van der Waals surface area contributed by atoms with Crippen LogP contribution in [0.1, 0.15) is 70.4 Å². The standard InChI is InChI=1S/C23H33N3S/c1-15-7-9-18(24-14-15)16-8-10-20-19(13-16)25-21(27-20)17-11-12-26(6)23(4,5)22(17,2)3/h8,10,13,15,17H,7,9,11-12,14H2,1-6H3. The number of hydrogen-bond acceptors (Lipinski definition) is 4. The zero-order valence-corrected chi connectivity index (χ0v) is 18.5. The van der Waals surface area contributed by atoms with E-state index in [1.807, 2.05) is 11.3 Å². The monoisotopic (exact) mass is 383 g/mol. The van der Waals surface area contributed by atoms with E-state index >= 15 is 0 Å². The highest BCUT2D eigenvalue weighted by Gasteiger charge is 2.50. The first-order chi connectivity index (χ1) is 12.7. The summed E-state index contributed by atoms with van der Waals surface area (Å²) in [5.74, 6) is 1.23. The van der Waals surface area contributed by atoms with Crippen molar-refractivity contribution in [3.8, 4) is 0 Å². The molecule has 0 bridgehead atoms. The molecule has 2 aromatic rings. The molecule has 2 aliphatic heterocycles. The summed E-state index contributed by atoms with van der Waals surface area (Å²) in [6, 6.07) is 6.79. The minimum Gasteiger partial charge on any atom is -0.301 e. The molecule has 146 valence electrons. The van der Waals surface area contributed by atoms with E-state index in [4.69, 9.17) is 9.98 Å². The van der Waals surface area contributed by atoms with Crippen molar-refractivity contribution in [2.24, 2.45) is 16.3 Å². The average molecular weight is 384 g/mol. The fraction of sp³-hybridized carbons (Fsp3) is 0.652. The molecule has 2 aliphatic rings. The molecule has 0 aliphatic carbocycles. The number of fused-ring (bicyclic) bond motifs is 1. The first kappa shape index (κ1) is 19.1. The summed E-state index contributed by atoms with van der Waals surface area (Å²) in [5, 5.41) is 1.31. The largest absolute Gasteiger partial charge is 0.301 e. The highest BCUT2D eigenvalue weighted by atomic mass is 32.1. The Morgan fingerprint density at radius 3 is 2.63 bits per heavy atom. The molecular formula is C23H33N3S. The molecule has 0 amide bonds. The van der Waals surface area contributed by atoms with E-state index in [0.29, 0.717) is 5.92 Å². The van der Waals surface area contributed by atoms with E-state index in [2.05, 4.69) is 64.8 Å². The second kappa shape index (κ2) is 6.66. The van der Waals surface area contributed by atoms with E-state index < -0.39 is 0 Å². The molecule has 27 heavy (non-hydrogen) atoms. The van der Waals surface area contributed by atoms with Gasteiger partial charge >= 0.3 is 0 Å². The number of rotatable bonds is 2. The van der Waals surface area contributed by atoms with Crippen LogP contribution < -0.4 is 0 Å². The van der Waals surface area contributed by atoms with E-state index in [-0.39, 0.29) is 11.0 Å². The van der Waals surface area contributed by atoms with Gasteiger partial charge in [-0.05, 0) is 75.7 Å². The van der Waals surface area contributed by atoms with Gasteiger partial charge in [-0.3, -0.25) is 4.99 Å². The van der Waals surface area contributed by atoms with Crippen LogP contribution in [-0.4, -0.2) is 41.3 Å². The molecule has 1 aromatic carbocycles. The third-order valence-electron chi connectivity index (χ3n) is 7.66. The number of thiazole rings is 1. The highest BCUT2D eigenvalue weighted by molar-refractivity contribution is 7.18. The van der Waals surface area contributed by atoms with Crippen molar-refractivity contribution in [2.45, 2.75) is 65.3 Å². The molecule has 3 nitrogen and oxygen atoms in total. The summed E-state index contributed by atoms with van der Waals surface area (Å²) >= 11 is 1.89. The molecule has 4 heteroatoms. The lowest BCUT2D eigenvalue weighted by Crippen LogP contribution is -2.58. The second-order valence-electron chi connectivity index (χ2n) is 9.71. The quantitative estimate of drug-likeness (QED) is 0.661. The molecule has 4 rings (SSSR count). The third kappa shape index (κ3) is 3.15. The van der Waals surface area contributed by atoms with Gasteiger partial charge in [-0.15, -0.1) is 11.3 Å². The van der Waals surface area contributed by atoms with Crippen molar-refractivity contribution >= 4 is 27.3 Å². The Hall–Kier alpha value is -1.26. The van der Waals surface area contributed by atoms with Gasteiger partial charge < -0.3 is 4.90 Å². The van der Waals surface area contributed by atoms with Crippen LogP contribution in [0.15, 0.2) is 23.2 Å². The van der Waals surface area contributed by atoms with Crippen LogP contribution in [0.3, 0.4) is 0 Å². The number of benzene rings is 1. The number of aromatic nitrogens is 1. The SMILES string of the molecule is CC1CCC(c2ccc3sc(C4CCN(C)C(C)(C)C4(C)C)nc3c2)=NC1. The lowest BCUT2D eigenvalue weighted by molar-refractivity contribution is -0.0301. The van der Waals surface area contributed by atoms with Crippen LogP contribution in [0.25, 0.3) is 10.2 Å². The minimum atomic E-state index is 0.159. The van der Waals surface area contributed by atoms with Gasteiger partial charge in [0.25, 0.3) is 0 Å². The van der Waals surface area contributed by atoms with Crippen LogP contribution in [0.4, 0.5) is 0 Å². The molecule has 0 radical (unpaired) electrons. The Morgan fingerprint density at radius 1 is 1.15 bits per heavy atom. The van der Waals surface area contributed by atoms with Crippen LogP contribution in [0.2, 0.25) is 0 Å². The van der Waals surface area contributed by atoms with Crippen molar-refractivity contribution < 1.29 is 0 Å². The Bertz CT molecular complexity index is 877. The Balaban J connectivity index is 1.68. The molecule has 2 unspecified atom stereocenters. The summed E-state index contributed by atoms with van der Waals surface area (Å²) in [6.07, 6.45) is 3.53. The van der Waals surface area contributed by atoms with E-state index in [1.165, 1.54) is 33.8 Å². The maximum absolute atomic E-state index is 5.14. The number of likely N-dealkylation sites (tertiary alicyclic amines) is 1. The van der Waals surface area contributed by atoms with Crippen LogP contribution in [0, 0.1) is 11.3 Å². The van der Waals surface area contributed by atoms with Gasteiger partial charge in [0.1, 0.15) is 0 Å². The summed E-state index contributed by atoms with van der Waals surface area (Å²) in [5.41, 5.74) is 4.04. The number of hydrogen-bond donors (Lipinski definition) is 0. The van der Waals surface area contributed by atoms with Gasteiger partial charge in [-0.25, -0.2) is 4.98 Å². The summed E-state index contributed by atoms with van der Waals surface area (Å²) in [7, 11) is 2.26. The molecule has 1 aromatic heterocycles. The summed E-state index contributed by atoms with van der Waals surface area (Å²) < 4.78 is 1.31. The Morgan fingerprint density at radius 2 is 1.93 bits per heavy atom. The topological polar surface area (TPSA) is 28.5 Å². The van der Waals surface area contributed by atoms with E-state index in [0.717, 1.165) is 30.9 Å².